The van der Waals surface area contributed by atoms with Crippen molar-refractivity contribution in [3.63, 3.8) is 0 Å². The van der Waals surface area contributed by atoms with Crippen LogP contribution in [0.3, 0.4) is 0 Å². The number of carbonyl (C=O) groups is 1. The number of H-pyrrole nitrogens is 1. The Morgan fingerprint density at radius 2 is 2.17 bits per heavy atom. The fourth-order valence-corrected chi connectivity index (χ4v) is 2.39. The first-order chi connectivity index (χ1) is 11.0. The number of amides is 1. The standard InChI is InChI=1S/C16H13ClFN3O2/c17-10-4-5-12-13(7-10)21-14(20-12)8-19-16(23)15(22)9-2-1-3-11(18)6-9/h1-7,15,22H,8H2,(H,19,23)(H,20,21)/t15-/m1/s1. The van der Waals surface area contributed by atoms with Crippen LogP contribution < -0.4 is 5.32 Å². The van der Waals surface area contributed by atoms with Crippen molar-refractivity contribution < 1.29 is 14.3 Å². The molecule has 0 radical (unpaired) electrons. The molecule has 0 unspecified atom stereocenters. The summed E-state index contributed by atoms with van der Waals surface area (Å²) in [4.78, 5) is 19.3. The number of halogens is 2. The van der Waals surface area contributed by atoms with Gasteiger partial charge in [0.2, 0.25) is 0 Å². The van der Waals surface area contributed by atoms with Crippen molar-refractivity contribution in [1.29, 1.82) is 0 Å². The van der Waals surface area contributed by atoms with E-state index in [1.165, 1.54) is 18.2 Å². The SMILES string of the molecule is O=C(NCc1nc2ccc(Cl)cc2[nH]1)[C@H](O)c1cccc(F)c1. The summed E-state index contributed by atoms with van der Waals surface area (Å²) in [5.41, 5.74) is 1.68. The molecule has 1 aromatic heterocycles. The van der Waals surface area contributed by atoms with Gasteiger partial charge in [-0.2, -0.15) is 0 Å². The average Bonchev–Trinajstić information content (AvgIpc) is 2.93. The van der Waals surface area contributed by atoms with Gasteiger partial charge >= 0.3 is 0 Å². The molecule has 5 nitrogen and oxygen atoms in total. The van der Waals surface area contributed by atoms with Gasteiger partial charge in [0.05, 0.1) is 17.6 Å². The van der Waals surface area contributed by atoms with E-state index in [2.05, 4.69) is 15.3 Å². The van der Waals surface area contributed by atoms with E-state index in [-0.39, 0.29) is 12.1 Å². The van der Waals surface area contributed by atoms with Crippen LogP contribution >= 0.6 is 11.6 Å². The summed E-state index contributed by atoms with van der Waals surface area (Å²) in [6.45, 7) is 0.109. The lowest BCUT2D eigenvalue weighted by atomic mass is 10.1. The second kappa shape index (κ2) is 6.36. The number of aliphatic hydroxyl groups excluding tert-OH is 1. The molecule has 3 rings (SSSR count). The van der Waals surface area contributed by atoms with Gasteiger partial charge in [-0.15, -0.1) is 0 Å². The Balaban J connectivity index is 1.67. The van der Waals surface area contributed by atoms with Gasteiger partial charge in [-0.3, -0.25) is 4.79 Å². The van der Waals surface area contributed by atoms with Crippen molar-refractivity contribution in [2.45, 2.75) is 12.6 Å². The second-order valence-corrected chi connectivity index (χ2v) is 5.46. The molecule has 118 valence electrons. The van der Waals surface area contributed by atoms with Crippen molar-refractivity contribution in [1.82, 2.24) is 15.3 Å². The van der Waals surface area contributed by atoms with Gasteiger partial charge in [-0.1, -0.05) is 23.7 Å². The Hall–Kier alpha value is -2.44. The van der Waals surface area contributed by atoms with E-state index in [1.807, 2.05) is 0 Å². The molecule has 2 aromatic carbocycles. The van der Waals surface area contributed by atoms with Gasteiger partial charge in [0.15, 0.2) is 6.10 Å². The van der Waals surface area contributed by atoms with Crippen LogP contribution in [0.15, 0.2) is 42.5 Å². The third-order valence-electron chi connectivity index (χ3n) is 3.34. The van der Waals surface area contributed by atoms with E-state index >= 15 is 0 Å². The van der Waals surface area contributed by atoms with E-state index < -0.39 is 17.8 Å². The molecule has 0 aliphatic carbocycles. The average molecular weight is 334 g/mol. The van der Waals surface area contributed by atoms with Crippen LogP contribution in [0.25, 0.3) is 11.0 Å². The van der Waals surface area contributed by atoms with E-state index in [4.69, 9.17) is 11.6 Å². The van der Waals surface area contributed by atoms with Crippen molar-refractivity contribution >= 4 is 28.5 Å². The number of fused-ring (bicyclic) bond motifs is 1. The smallest absolute Gasteiger partial charge is 0.253 e. The fraction of sp³-hybridized carbons (Fsp3) is 0.125. The third kappa shape index (κ3) is 3.49. The molecule has 23 heavy (non-hydrogen) atoms. The van der Waals surface area contributed by atoms with Gasteiger partial charge in [-0.05, 0) is 35.9 Å². The van der Waals surface area contributed by atoms with Crippen molar-refractivity contribution in [2.75, 3.05) is 0 Å². The Morgan fingerprint density at radius 3 is 2.96 bits per heavy atom. The topological polar surface area (TPSA) is 78.0 Å². The minimum absolute atomic E-state index is 0.109. The summed E-state index contributed by atoms with van der Waals surface area (Å²) in [7, 11) is 0. The number of aromatic amines is 1. The molecule has 3 N–H and O–H groups in total. The lowest BCUT2D eigenvalue weighted by Crippen LogP contribution is -2.29. The van der Waals surface area contributed by atoms with Crippen LogP contribution in [0.1, 0.15) is 17.5 Å². The maximum atomic E-state index is 13.1. The molecular formula is C16H13ClFN3O2. The Bertz CT molecular complexity index is 865. The molecule has 3 aromatic rings. The predicted molar refractivity (Wildman–Crippen MR) is 84.3 cm³/mol. The first kappa shape index (κ1) is 15.5. The molecule has 0 saturated carbocycles. The highest BCUT2D eigenvalue weighted by Crippen LogP contribution is 2.17. The van der Waals surface area contributed by atoms with Gasteiger partial charge in [0, 0.05) is 5.02 Å². The molecule has 0 spiro atoms. The Kier molecular flexibility index (Phi) is 4.27. The zero-order valence-corrected chi connectivity index (χ0v) is 12.6. The summed E-state index contributed by atoms with van der Waals surface area (Å²) in [5, 5.41) is 13.1. The lowest BCUT2D eigenvalue weighted by molar-refractivity contribution is -0.129. The van der Waals surface area contributed by atoms with E-state index in [0.717, 1.165) is 17.1 Å². The van der Waals surface area contributed by atoms with Crippen LogP contribution in [0.2, 0.25) is 5.02 Å². The quantitative estimate of drug-likeness (QED) is 0.687. The highest BCUT2D eigenvalue weighted by Gasteiger charge is 2.18. The number of benzene rings is 2. The van der Waals surface area contributed by atoms with Crippen LogP contribution in [0.4, 0.5) is 4.39 Å². The molecule has 1 atom stereocenters. The van der Waals surface area contributed by atoms with Crippen molar-refractivity contribution in [3.8, 4) is 0 Å². The minimum Gasteiger partial charge on any atom is -0.378 e. The highest BCUT2D eigenvalue weighted by molar-refractivity contribution is 6.31. The van der Waals surface area contributed by atoms with Crippen molar-refractivity contribution in [2.24, 2.45) is 0 Å². The van der Waals surface area contributed by atoms with Crippen molar-refractivity contribution in [3.05, 3.63) is 64.7 Å². The molecule has 0 aliphatic heterocycles. The summed E-state index contributed by atoms with van der Waals surface area (Å²) in [6.07, 6.45) is -1.44. The van der Waals surface area contributed by atoms with Crippen LogP contribution in [0, 0.1) is 5.82 Å². The normalized spacial score (nSPS) is 12.3. The van der Waals surface area contributed by atoms with E-state index in [1.54, 1.807) is 18.2 Å². The molecule has 0 bridgehead atoms. The number of nitrogens with one attached hydrogen (secondary N) is 2. The van der Waals surface area contributed by atoms with Gasteiger partial charge in [-0.25, -0.2) is 9.37 Å². The first-order valence-corrected chi connectivity index (χ1v) is 7.26. The molecule has 0 fully saturated rings. The number of hydrogen-bond donors (Lipinski definition) is 3. The maximum absolute atomic E-state index is 13.1. The molecule has 0 saturated heterocycles. The number of nitrogens with zero attached hydrogens (tertiary/aromatic N) is 1. The van der Waals surface area contributed by atoms with Gasteiger partial charge in [0.1, 0.15) is 11.6 Å². The van der Waals surface area contributed by atoms with Gasteiger partial charge < -0.3 is 15.4 Å². The fourth-order valence-electron chi connectivity index (χ4n) is 2.21. The first-order valence-electron chi connectivity index (χ1n) is 6.88. The number of imidazole rings is 1. The second-order valence-electron chi connectivity index (χ2n) is 5.02. The van der Waals surface area contributed by atoms with Crippen LogP contribution in [-0.2, 0) is 11.3 Å². The number of rotatable bonds is 4. The van der Waals surface area contributed by atoms with Crippen LogP contribution in [-0.4, -0.2) is 21.0 Å². The molecule has 1 heterocycles. The van der Waals surface area contributed by atoms with Crippen LogP contribution in [0.5, 0.6) is 0 Å². The highest BCUT2D eigenvalue weighted by atomic mass is 35.5. The van der Waals surface area contributed by atoms with E-state index in [0.29, 0.717) is 10.8 Å². The number of hydrogen-bond acceptors (Lipinski definition) is 3. The largest absolute Gasteiger partial charge is 0.378 e. The molecule has 7 heteroatoms. The summed E-state index contributed by atoms with van der Waals surface area (Å²) in [5.74, 6) is -0.611. The Labute approximate surface area is 136 Å². The molecule has 0 aliphatic rings. The summed E-state index contributed by atoms with van der Waals surface area (Å²) in [6, 6.07) is 10.5. The monoisotopic (exact) mass is 333 g/mol. The van der Waals surface area contributed by atoms with Gasteiger partial charge in [0.25, 0.3) is 5.91 Å². The molecule has 1 amide bonds. The maximum Gasteiger partial charge on any atom is 0.253 e. The minimum atomic E-state index is -1.44. The predicted octanol–water partition coefficient (Wildman–Crippen LogP) is 2.71. The third-order valence-corrected chi connectivity index (χ3v) is 3.57. The lowest BCUT2D eigenvalue weighted by Gasteiger charge is -2.10. The number of carbonyl (C=O) groups excluding carboxylic acids is 1. The zero-order valence-electron chi connectivity index (χ0n) is 11.9. The molecular weight excluding hydrogens is 321 g/mol. The Morgan fingerprint density at radius 1 is 1.35 bits per heavy atom. The zero-order chi connectivity index (χ0) is 16.4. The number of aromatic nitrogens is 2. The summed E-state index contributed by atoms with van der Waals surface area (Å²) < 4.78 is 13.1. The number of aliphatic hydroxyl groups is 1. The summed E-state index contributed by atoms with van der Waals surface area (Å²) >= 11 is 5.90. The van der Waals surface area contributed by atoms with E-state index in [9.17, 15) is 14.3 Å².